The fraction of sp³-hybridized carbons (Fsp3) is 0.350. The van der Waals surface area contributed by atoms with E-state index in [2.05, 4.69) is 22.0 Å². The molecular formula is C20H22Cl2N2O3. The van der Waals surface area contributed by atoms with Gasteiger partial charge in [0.2, 0.25) is 0 Å². The molecule has 0 aromatic heterocycles. The monoisotopic (exact) mass is 408 g/mol. The van der Waals surface area contributed by atoms with Crippen LogP contribution in [0.3, 0.4) is 0 Å². The summed E-state index contributed by atoms with van der Waals surface area (Å²) in [7, 11) is 1.65. The number of aliphatic imine (C=N–C) groups is 1. The molecule has 0 bridgehead atoms. The van der Waals surface area contributed by atoms with Gasteiger partial charge in [-0.25, -0.2) is 0 Å². The number of morpholine rings is 1. The summed E-state index contributed by atoms with van der Waals surface area (Å²) < 4.78 is 10.7. The summed E-state index contributed by atoms with van der Waals surface area (Å²) in [5.74, 6) is 0.804. The fourth-order valence-electron chi connectivity index (χ4n) is 3.08. The highest BCUT2D eigenvalue weighted by Gasteiger charge is 2.22. The maximum absolute atomic E-state index is 10.1. The molecule has 5 nitrogen and oxygen atoms in total. The quantitative estimate of drug-likeness (QED) is 0.727. The van der Waals surface area contributed by atoms with E-state index in [0.29, 0.717) is 30.3 Å². The third-order valence-corrected chi connectivity index (χ3v) is 5.06. The van der Waals surface area contributed by atoms with Crippen LogP contribution in [-0.4, -0.2) is 56.2 Å². The molecule has 0 spiro atoms. The van der Waals surface area contributed by atoms with Crippen LogP contribution in [0.25, 0.3) is 0 Å². The number of halogens is 2. The molecule has 1 aliphatic heterocycles. The molecule has 7 heteroatoms. The lowest BCUT2D eigenvalue weighted by Crippen LogP contribution is -2.40. The normalized spacial score (nSPS) is 16.6. The first-order valence-electron chi connectivity index (χ1n) is 8.72. The Labute approximate surface area is 169 Å². The maximum Gasteiger partial charge on any atom is 0.143 e. The van der Waals surface area contributed by atoms with Gasteiger partial charge in [-0.1, -0.05) is 35.3 Å². The fourth-order valence-corrected chi connectivity index (χ4v) is 3.59. The van der Waals surface area contributed by atoms with Crippen molar-refractivity contribution in [2.45, 2.75) is 6.04 Å². The zero-order valence-corrected chi connectivity index (χ0v) is 16.6. The number of rotatable bonds is 6. The number of nitrogens with zero attached hydrogens (tertiary/aromatic N) is 2. The third-order valence-electron chi connectivity index (χ3n) is 4.55. The average molecular weight is 409 g/mol. The molecule has 0 aliphatic carbocycles. The molecule has 0 amide bonds. The molecule has 1 atom stereocenters. The topological polar surface area (TPSA) is 54.3 Å². The summed E-state index contributed by atoms with van der Waals surface area (Å²) in [5, 5.41) is 10.8. The van der Waals surface area contributed by atoms with E-state index in [1.54, 1.807) is 19.4 Å². The smallest absolute Gasteiger partial charge is 0.143 e. The minimum Gasteiger partial charge on any atom is -0.506 e. The van der Waals surface area contributed by atoms with Gasteiger partial charge in [-0.05, 0) is 29.8 Å². The van der Waals surface area contributed by atoms with Gasteiger partial charge < -0.3 is 14.6 Å². The SMILES string of the molecule is COc1ccc([C@@H](CN=Cc2cc(Cl)cc(Cl)c2O)N2CCOCC2)cc1. The van der Waals surface area contributed by atoms with Crippen molar-refractivity contribution in [3.8, 4) is 11.5 Å². The summed E-state index contributed by atoms with van der Waals surface area (Å²) in [5.41, 5.74) is 1.66. The minimum atomic E-state index is -0.0165. The Hall–Kier alpha value is -1.79. The largest absolute Gasteiger partial charge is 0.506 e. The highest BCUT2D eigenvalue weighted by atomic mass is 35.5. The van der Waals surface area contributed by atoms with Crippen molar-refractivity contribution in [3.05, 3.63) is 57.6 Å². The van der Waals surface area contributed by atoms with Gasteiger partial charge in [-0.2, -0.15) is 0 Å². The predicted molar refractivity (Wildman–Crippen MR) is 109 cm³/mol. The van der Waals surface area contributed by atoms with Gasteiger partial charge in [0.05, 0.1) is 37.9 Å². The second kappa shape index (κ2) is 9.42. The van der Waals surface area contributed by atoms with Crippen molar-refractivity contribution in [2.24, 2.45) is 4.99 Å². The number of ether oxygens (including phenoxy) is 2. The second-order valence-corrected chi connectivity index (χ2v) is 7.10. The molecular weight excluding hydrogens is 387 g/mol. The van der Waals surface area contributed by atoms with Crippen LogP contribution in [0.2, 0.25) is 10.0 Å². The Balaban J connectivity index is 1.80. The lowest BCUT2D eigenvalue weighted by Gasteiger charge is -2.34. The van der Waals surface area contributed by atoms with Crippen molar-refractivity contribution >= 4 is 29.4 Å². The number of phenolic OH excluding ortho intramolecular Hbond substituents is 1. The maximum atomic E-state index is 10.1. The molecule has 1 N–H and O–H groups in total. The van der Waals surface area contributed by atoms with Crippen molar-refractivity contribution in [2.75, 3.05) is 40.0 Å². The van der Waals surface area contributed by atoms with Crippen LogP contribution in [-0.2, 0) is 4.74 Å². The molecule has 1 fully saturated rings. The van der Waals surface area contributed by atoms with Crippen molar-refractivity contribution in [1.82, 2.24) is 4.90 Å². The average Bonchev–Trinajstić information content (AvgIpc) is 2.69. The number of benzene rings is 2. The van der Waals surface area contributed by atoms with Gasteiger partial charge >= 0.3 is 0 Å². The molecule has 0 radical (unpaired) electrons. The molecule has 2 aromatic carbocycles. The lowest BCUT2D eigenvalue weighted by atomic mass is 10.0. The van der Waals surface area contributed by atoms with E-state index in [4.69, 9.17) is 32.7 Å². The molecule has 144 valence electrons. The van der Waals surface area contributed by atoms with Gasteiger partial charge in [0.25, 0.3) is 0 Å². The Morgan fingerprint density at radius 3 is 2.59 bits per heavy atom. The van der Waals surface area contributed by atoms with E-state index in [1.165, 1.54) is 6.07 Å². The molecule has 1 aliphatic rings. The number of phenols is 1. The first-order valence-corrected chi connectivity index (χ1v) is 9.47. The van der Waals surface area contributed by atoms with E-state index >= 15 is 0 Å². The van der Waals surface area contributed by atoms with Crippen LogP contribution < -0.4 is 4.74 Å². The van der Waals surface area contributed by atoms with Gasteiger partial charge in [0, 0.05) is 29.9 Å². The van der Waals surface area contributed by atoms with Crippen LogP contribution in [0.5, 0.6) is 11.5 Å². The zero-order chi connectivity index (χ0) is 19.2. The van der Waals surface area contributed by atoms with Crippen LogP contribution in [0.1, 0.15) is 17.2 Å². The molecule has 1 saturated heterocycles. The lowest BCUT2D eigenvalue weighted by molar-refractivity contribution is 0.0180. The van der Waals surface area contributed by atoms with Crippen molar-refractivity contribution in [1.29, 1.82) is 0 Å². The third kappa shape index (κ3) is 5.14. The van der Waals surface area contributed by atoms with Crippen LogP contribution in [0.15, 0.2) is 41.4 Å². The van der Waals surface area contributed by atoms with Crippen LogP contribution in [0, 0.1) is 0 Å². The van der Waals surface area contributed by atoms with E-state index in [1.807, 2.05) is 12.1 Å². The summed E-state index contributed by atoms with van der Waals surface area (Å²) in [4.78, 5) is 6.92. The summed E-state index contributed by atoms with van der Waals surface area (Å²) in [6.07, 6.45) is 1.62. The minimum absolute atomic E-state index is 0.0165. The molecule has 0 unspecified atom stereocenters. The van der Waals surface area contributed by atoms with Crippen molar-refractivity contribution < 1.29 is 14.6 Å². The van der Waals surface area contributed by atoms with E-state index in [9.17, 15) is 5.11 Å². The summed E-state index contributed by atoms with van der Waals surface area (Å²) >= 11 is 12.0. The van der Waals surface area contributed by atoms with E-state index in [0.717, 1.165) is 24.4 Å². The highest BCUT2D eigenvalue weighted by molar-refractivity contribution is 6.36. The van der Waals surface area contributed by atoms with Crippen LogP contribution in [0.4, 0.5) is 0 Å². The summed E-state index contributed by atoms with van der Waals surface area (Å²) in [6.45, 7) is 3.65. The highest BCUT2D eigenvalue weighted by Crippen LogP contribution is 2.30. The number of hydrogen-bond acceptors (Lipinski definition) is 5. The Morgan fingerprint density at radius 2 is 1.93 bits per heavy atom. The first-order chi connectivity index (χ1) is 13.1. The van der Waals surface area contributed by atoms with Crippen molar-refractivity contribution in [3.63, 3.8) is 0 Å². The van der Waals surface area contributed by atoms with Crippen LogP contribution >= 0.6 is 23.2 Å². The molecule has 27 heavy (non-hydrogen) atoms. The van der Waals surface area contributed by atoms with Gasteiger partial charge in [-0.15, -0.1) is 0 Å². The Morgan fingerprint density at radius 1 is 1.22 bits per heavy atom. The standard InChI is InChI=1S/C20H22Cl2N2O3/c1-26-17-4-2-14(3-5-17)19(24-6-8-27-9-7-24)13-23-12-15-10-16(21)11-18(22)20(15)25/h2-5,10-12,19,25H,6-9,13H2,1H3/t19-/m1/s1. The Kier molecular flexibility index (Phi) is 6.96. The van der Waals surface area contributed by atoms with E-state index in [-0.39, 0.29) is 16.8 Å². The predicted octanol–water partition coefficient (Wildman–Crippen LogP) is 4.20. The van der Waals surface area contributed by atoms with Gasteiger partial charge in [-0.3, -0.25) is 9.89 Å². The number of methoxy groups -OCH3 is 1. The summed E-state index contributed by atoms with van der Waals surface area (Å²) in [6, 6.07) is 11.3. The second-order valence-electron chi connectivity index (χ2n) is 6.26. The zero-order valence-electron chi connectivity index (χ0n) is 15.1. The first kappa shape index (κ1) is 20.0. The number of aromatic hydroxyl groups is 1. The van der Waals surface area contributed by atoms with Gasteiger partial charge in [0.15, 0.2) is 0 Å². The van der Waals surface area contributed by atoms with Gasteiger partial charge in [0.1, 0.15) is 11.5 Å². The molecule has 3 rings (SSSR count). The Bertz CT molecular complexity index is 791. The number of hydrogen-bond donors (Lipinski definition) is 1. The molecule has 0 saturated carbocycles. The molecule has 1 heterocycles. The van der Waals surface area contributed by atoms with E-state index < -0.39 is 0 Å². The molecule has 2 aromatic rings.